The first-order valence-electron chi connectivity index (χ1n) is 5.44. The fourth-order valence-electron chi connectivity index (χ4n) is 1.80. The summed E-state index contributed by atoms with van der Waals surface area (Å²) in [5.41, 5.74) is 0. The number of carbonyl (C=O) groups excluding carboxylic acids is 1. The molecule has 2 rings (SSSR count). The van der Waals surface area contributed by atoms with Crippen LogP contribution in [0.15, 0.2) is 23.6 Å². The second-order valence-electron chi connectivity index (χ2n) is 3.93. The van der Waals surface area contributed by atoms with Gasteiger partial charge < -0.3 is 10.0 Å². The number of aliphatic hydroxyl groups is 1. The molecule has 1 aromatic heterocycles. The van der Waals surface area contributed by atoms with Crippen molar-refractivity contribution < 1.29 is 9.90 Å². The van der Waals surface area contributed by atoms with E-state index in [0.717, 1.165) is 24.3 Å². The van der Waals surface area contributed by atoms with Gasteiger partial charge in [0.05, 0.1) is 6.10 Å². The average Bonchev–Trinajstić information content (AvgIpc) is 2.78. The molecule has 16 heavy (non-hydrogen) atoms. The zero-order valence-electron chi connectivity index (χ0n) is 9.00. The van der Waals surface area contributed by atoms with Crippen molar-refractivity contribution in [3.63, 3.8) is 0 Å². The summed E-state index contributed by atoms with van der Waals surface area (Å²) in [7, 11) is 0. The molecule has 1 aliphatic rings. The number of aliphatic hydroxyl groups excluding tert-OH is 1. The van der Waals surface area contributed by atoms with Crippen LogP contribution < -0.4 is 0 Å². The molecule has 1 aromatic rings. The Hall–Kier alpha value is -1.13. The van der Waals surface area contributed by atoms with Gasteiger partial charge in [0.1, 0.15) is 0 Å². The Morgan fingerprint density at radius 1 is 1.62 bits per heavy atom. The molecular weight excluding hydrogens is 222 g/mol. The predicted molar refractivity (Wildman–Crippen MR) is 65.2 cm³/mol. The lowest BCUT2D eigenvalue weighted by Crippen LogP contribution is -2.41. The number of rotatable bonds is 2. The van der Waals surface area contributed by atoms with Crippen molar-refractivity contribution >= 4 is 23.3 Å². The lowest BCUT2D eigenvalue weighted by atomic mass is 10.1. The Morgan fingerprint density at radius 2 is 2.50 bits per heavy atom. The highest BCUT2D eigenvalue weighted by molar-refractivity contribution is 7.10. The van der Waals surface area contributed by atoms with Gasteiger partial charge in [0.25, 0.3) is 0 Å². The van der Waals surface area contributed by atoms with Crippen molar-refractivity contribution in [3.8, 4) is 0 Å². The number of thiophene rings is 1. The van der Waals surface area contributed by atoms with Crippen molar-refractivity contribution in [3.05, 3.63) is 28.5 Å². The lowest BCUT2D eigenvalue weighted by Gasteiger charge is -2.29. The molecule has 1 atom stereocenters. The van der Waals surface area contributed by atoms with Gasteiger partial charge in [0.15, 0.2) is 0 Å². The quantitative estimate of drug-likeness (QED) is 0.796. The Labute approximate surface area is 99.0 Å². The van der Waals surface area contributed by atoms with E-state index in [0.29, 0.717) is 6.54 Å². The topological polar surface area (TPSA) is 40.5 Å². The molecule has 0 aromatic carbocycles. The molecule has 1 fully saturated rings. The van der Waals surface area contributed by atoms with Gasteiger partial charge in [-0.3, -0.25) is 4.79 Å². The van der Waals surface area contributed by atoms with Crippen LogP contribution in [0.5, 0.6) is 0 Å². The van der Waals surface area contributed by atoms with Crippen LogP contribution in [0.3, 0.4) is 0 Å². The number of hydrogen-bond donors (Lipinski definition) is 1. The van der Waals surface area contributed by atoms with E-state index in [4.69, 9.17) is 0 Å². The third-order valence-electron chi connectivity index (χ3n) is 2.64. The fraction of sp³-hybridized carbons (Fsp3) is 0.417. The molecular formula is C12H15NO2S. The molecule has 1 N–H and O–H groups in total. The molecule has 2 heterocycles. The molecule has 4 heteroatoms. The van der Waals surface area contributed by atoms with Gasteiger partial charge in [-0.1, -0.05) is 6.07 Å². The maximum absolute atomic E-state index is 11.8. The Bertz CT molecular complexity index is 372. The second kappa shape index (κ2) is 5.27. The van der Waals surface area contributed by atoms with Crippen LogP contribution >= 0.6 is 11.3 Å². The summed E-state index contributed by atoms with van der Waals surface area (Å²) in [6, 6.07) is 3.93. The second-order valence-corrected chi connectivity index (χ2v) is 4.91. The number of nitrogens with zero attached hydrogens (tertiary/aromatic N) is 1. The van der Waals surface area contributed by atoms with Crippen LogP contribution in [0.25, 0.3) is 6.08 Å². The monoisotopic (exact) mass is 237 g/mol. The summed E-state index contributed by atoms with van der Waals surface area (Å²) in [6.07, 6.45) is 4.75. The van der Waals surface area contributed by atoms with E-state index in [1.54, 1.807) is 22.3 Å². The maximum atomic E-state index is 11.8. The number of hydrogen-bond acceptors (Lipinski definition) is 3. The van der Waals surface area contributed by atoms with E-state index in [-0.39, 0.29) is 12.0 Å². The highest BCUT2D eigenvalue weighted by Crippen LogP contribution is 2.13. The van der Waals surface area contributed by atoms with Crippen molar-refractivity contribution in [2.45, 2.75) is 18.9 Å². The summed E-state index contributed by atoms with van der Waals surface area (Å²) in [6.45, 7) is 1.22. The minimum absolute atomic E-state index is 0.00727. The van der Waals surface area contributed by atoms with Crippen LogP contribution in [-0.4, -0.2) is 35.1 Å². The van der Waals surface area contributed by atoms with E-state index >= 15 is 0 Å². The van der Waals surface area contributed by atoms with E-state index in [9.17, 15) is 9.90 Å². The van der Waals surface area contributed by atoms with E-state index in [2.05, 4.69) is 0 Å². The summed E-state index contributed by atoms with van der Waals surface area (Å²) in [5, 5.41) is 11.4. The Balaban J connectivity index is 1.92. The molecule has 0 radical (unpaired) electrons. The largest absolute Gasteiger partial charge is 0.391 e. The summed E-state index contributed by atoms with van der Waals surface area (Å²) in [4.78, 5) is 14.6. The summed E-state index contributed by atoms with van der Waals surface area (Å²) in [5.74, 6) is -0.00727. The molecule has 86 valence electrons. The molecule has 3 nitrogen and oxygen atoms in total. The predicted octanol–water partition coefficient (Wildman–Crippen LogP) is 1.74. The van der Waals surface area contributed by atoms with Gasteiger partial charge in [-0.25, -0.2) is 0 Å². The maximum Gasteiger partial charge on any atom is 0.246 e. The highest BCUT2D eigenvalue weighted by Gasteiger charge is 2.20. The summed E-state index contributed by atoms with van der Waals surface area (Å²) < 4.78 is 0. The van der Waals surface area contributed by atoms with Crippen molar-refractivity contribution in [1.82, 2.24) is 4.90 Å². The highest BCUT2D eigenvalue weighted by atomic mass is 32.1. The number of β-amino-alcohol motifs (C(OH)–C–C–N with tert-alkyl or cyclic N) is 1. The van der Waals surface area contributed by atoms with E-state index in [1.807, 2.05) is 23.6 Å². The van der Waals surface area contributed by atoms with Crippen molar-refractivity contribution in [2.75, 3.05) is 13.1 Å². The minimum atomic E-state index is -0.354. The average molecular weight is 237 g/mol. The van der Waals surface area contributed by atoms with Gasteiger partial charge in [0.2, 0.25) is 5.91 Å². The molecule has 1 amide bonds. The standard InChI is InChI=1S/C12H15NO2S/c14-10-3-1-7-13(9-10)12(15)6-5-11-4-2-8-16-11/h2,4-6,8,10,14H,1,3,7,9H2/b6-5+/t10-/m0/s1. The van der Waals surface area contributed by atoms with Crippen LogP contribution in [0.4, 0.5) is 0 Å². The van der Waals surface area contributed by atoms with Crippen molar-refractivity contribution in [1.29, 1.82) is 0 Å². The zero-order chi connectivity index (χ0) is 11.4. The molecule has 0 unspecified atom stereocenters. The third-order valence-corrected chi connectivity index (χ3v) is 3.48. The first kappa shape index (κ1) is 11.4. The fourth-order valence-corrected chi connectivity index (χ4v) is 2.42. The lowest BCUT2D eigenvalue weighted by molar-refractivity contribution is -0.128. The zero-order valence-corrected chi connectivity index (χ0v) is 9.82. The van der Waals surface area contributed by atoms with Crippen molar-refractivity contribution in [2.24, 2.45) is 0 Å². The van der Waals surface area contributed by atoms with Crippen LogP contribution in [0.2, 0.25) is 0 Å². The van der Waals surface area contributed by atoms with Gasteiger partial charge >= 0.3 is 0 Å². The van der Waals surface area contributed by atoms with Gasteiger partial charge in [-0.15, -0.1) is 11.3 Å². The smallest absolute Gasteiger partial charge is 0.246 e. The van der Waals surface area contributed by atoms with E-state index in [1.165, 1.54) is 0 Å². The first-order chi connectivity index (χ1) is 7.75. The SMILES string of the molecule is O=C(/C=C/c1cccs1)N1CCC[C@H](O)C1. The first-order valence-corrected chi connectivity index (χ1v) is 6.32. The number of likely N-dealkylation sites (tertiary alicyclic amines) is 1. The molecule has 0 bridgehead atoms. The molecule has 0 aliphatic carbocycles. The van der Waals surface area contributed by atoms with Crippen LogP contribution in [0, 0.1) is 0 Å². The number of carbonyl (C=O) groups is 1. The van der Waals surface area contributed by atoms with Crippen LogP contribution in [0.1, 0.15) is 17.7 Å². The Morgan fingerprint density at radius 3 is 3.19 bits per heavy atom. The number of amides is 1. The van der Waals surface area contributed by atoms with E-state index < -0.39 is 0 Å². The molecule has 0 spiro atoms. The number of piperidine rings is 1. The third kappa shape index (κ3) is 2.93. The molecule has 1 saturated heterocycles. The Kier molecular flexibility index (Phi) is 3.74. The molecule has 0 saturated carbocycles. The van der Waals surface area contributed by atoms with Crippen LogP contribution in [-0.2, 0) is 4.79 Å². The van der Waals surface area contributed by atoms with Gasteiger partial charge in [-0.2, -0.15) is 0 Å². The molecule has 1 aliphatic heterocycles. The normalized spacial score (nSPS) is 21.6. The summed E-state index contributed by atoms with van der Waals surface area (Å²) >= 11 is 1.61. The van der Waals surface area contributed by atoms with Gasteiger partial charge in [0, 0.05) is 24.0 Å². The van der Waals surface area contributed by atoms with Gasteiger partial charge in [-0.05, 0) is 30.4 Å². The minimum Gasteiger partial charge on any atom is -0.391 e.